The minimum absolute atomic E-state index is 0.633. The third kappa shape index (κ3) is 2.97. The van der Waals surface area contributed by atoms with E-state index in [1.807, 2.05) is 37.4 Å². The minimum atomic E-state index is -0.793. The van der Waals surface area contributed by atoms with E-state index in [9.17, 15) is 5.11 Å². The standard InChI is InChI=1S/C14H15BrOS/c1-10-6-7-17-13(10)14(2,16)9-11-4-3-5-12(15)8-11/h3-8,16H,9H2,1-2H3. The van der Waals surface area contributed by atoms with E-state index in [0.717, 1.165) is 20.5 Å². The molecule has 17 heavy (non-hydrogen) atoms. The molecule has 0 aliphatic rings. The lowest BCUT2D eigenvalue weighted by atomic mass is 9.93. The second-order valence-corrected chi connectivity index (χ2v) is 6.35. The van der Waals surface area contributed by atoms with Crippen molar-refractivity contribution in [3.05, 3.63) is 56.2 Å². The summed E-state index contributed by atoms with van der Waals surface area (Å²) in [6.45, 7) is 3.92. The molecule has 1 heterocycles. The number of rotatable bonds is 3. The van der Waals surface area contributed by atoms with Crippen molar-refractivity contribution in [1.82, 2.24) is 0 Å². The molecule has 3 heteroatoms. The van der Waals surface area contributed by atoms with Crippen LogP contribution in [-0.2, 0) is 12.0 Å². The summed E-state index contributed by atoms with van der Waals surface area (Å²) < 4.78 is 1.05. The molecule has 1 atom stereocenters. The van der Waals surface area contributed by atoms with Crippen LogP contribution in [0.15, 0.2) is 40.2 Å². The first kappa shape index (κ1) is 12.8. The highest BCUT2D eigenvalue weighted by atomic mass is 79.9. The van der Waals surface area contributed by atoms with Gasteiger partial charge >= 0.3 is 0 Å². The molecule has 0 amide bonds. The number of aryl methyl sites for hydroxylation is 1. The summed E-state index contributed by atoms with van der Waals surface area (Å²) in [5.41, 5.74) is 1.51. The Morgan fingerprint density at radius 1 is 1.35 bits per heavy atom. The molecule has 0 fully saturated rings. The quantitative estimate of drug-likeness (QED) is 0.897. The van der Waals surface area contributed by atoms with Crippen molar-refractivity contribution in [2.45, 2.75) is 25.9 Å². The van der Waals surface area contributed by atoms with Crippen molar-refractivity contribution >= 4 is 27.3 Å². The lowest BCUT2D eigenvalue weighted by molar-refractivity contribution is 0.0609. The Kier molecular flexibility index (Phi) is 3.71. The molecule has 1 aromatic carbocycles. The lowest BCUT2D eigenvalue weighted by Crippen LogP contribution is -2.23. The zero-order chi connectivity index (χ0) is 12.5. The predicted molar refractivity (Wildman–Crippen MR) is 76.5 cm³/mol. The van der Waals surface area contributed by atoms with E-state index in [4.69, 9.17) is 0 Å². The minimum Gasteiger partial charge on any atom is -0.384 e. The van der Waals surface area contributed by atoms with Gasteiger partial charge in [0.1, 0.15) is 5.60 Å². The molecule has 0 saturated carbocycles. The van der Waals surface area contributed by atoms with Gasteiger partial charge in [0, 0.05) is 15.8 Å². The molecular weight excluding hydrogens is 296 g/mol. The van der Waals surface area contributed by atoms with Crippen LogP contribution in [0, 0.1) is 6.92 Å². The van der Waals surface area contributed by atoms with Gasteiger partial charge in [-0.2, -0.15) is 0 Å². The second kappa shape index (κ2) is 4.92. The maximum atomic E-state index is 10.6. The van der Waals surface area contributed by atoms with E-state index in [-0.39, 0.29) is 0 Å². The highest BCUT2D eigenvalue weighted by molar-refractivity contribution is 9.10. The van der Waals surface area contributed by atoms with Crippen LogP contribution < -0.4 is 0 Å². The average molecular weight is 311 g/mol. The Labute approximate surface area is 114 Å². The van der Waals surface area contributed by atoms with E-state index in [1.165, 1.54) is 0 Å². The Hall–Kier alpha value is -0.640. The third-order valence-corrected chi connectivity index (χ3v) is 4.55. The SMILES string of the molecule is Cc1ccsc1C(C)(O)Cc1cccc(Br)c1. The number of aliphatic hydroxyl groups is 1. The van der Waals surface area contributed by atoms with Crippen LogP contribution in [0.5, 0.6) is 0 Å². The largest absolute Gasteiger partial charge is 0.384 e. The van der Waals surface area contributed by atoms with E-state index < -0.39 is 5.60 Å². The zero-order valence-corrected chi connectivity index (χ0v) is 12.3. The molecule has 1 unspecified atom stereocenters. The molecule has 0 bridgehead atoms. The first-order chi connectivity index (χ1) is 7.99. The molecule has 0 aliphatic heterocycles. The molecule has 1 nitrogen and oxygen atoms in total. The summed E-state index contributed by atoms with van der Waals surface area (Å²) in [5, 5.41) is 12.6. The van der Waals surface area contributed by atoms with Crippen LogP contribution in [0.4, 0.5) is 0 Å². The maximum absolute atomic E-state index is 10.6. The van der Waals surface area contributed by atoms with Crippen molar-refractivity contribution in [2.75, 3.05) is 0 Å². The second-order valence-electron chi connectivity index (χ2n) is 4.51. The van der Waals surface area contributed by atoms with Crippen molar-refractivity contribution in [2.24, 2.45) is 0 Å². The molecule has 0 spiro atoms. The van der Waals surface area contributed by atoms with Crippen LogP contribution in [0.1, 0.15) is 22.9 Å². The van der Waals surface area contributed by atoms with Crippen molar-refractivity contribution in [3.8, 4) is 0 Å². The van der Waals surface area contributed by atoms with Crippen LogP contribution in [0.3, 0.4) is 0 Å². The fourth-order valence-corrected chi connectivity index (χ4v) is 3.48. The number of halogens is 1. The van der Waals surface area contributed by atoms with Gasteiger partial charge in [0.05, 0.1) is 0 Å². The molecule has 2 rings (SSSR count). The van der Waals surface area contributed by atoms with Crippen LogP contribution >= 0.6 is 27.3 Å². The zero-order valence-electron chi connectivity index (χ0n) is 9.90. The van der Waals surface area contributed by atoms with Crippen molar-refractivity contribution in [1.29, 1.82) is 0 Å². The Balaban J connectivity index is 2.26. The van der Waals surface area contributed by atoms with E-state index in [2.05, 4.69) is 28.1 Å². The fourth-order valence-electron chi connectivity index (χ4n) is 2.05. The van der Waals surface area contributed by atoms with Crippen molar-refractivity contribution in [3.63, 3.8) is 0 Å². The van der Waals surface area contributed by atoms with Gasteiger partial charge in [-0.05, 0) is 48.6 Å². The first-order valence-electron chi connectivity index (χ1n) is 5.50. The highest BCUT2D eigenvalue weighted by Gasteiger charge is 2.26. The summed E-state index contributed by atoms with van der Waals surface area (Å²) in [4.78, 5) is 1.05. The molecule has 1 N–H and O–H groups in total. The maximum Gasteiger partial charge on any atom is 0.100 e. The van der Waals surface area contributed by atoms with Gasteiger partial charge in [-0.25, -0.2) is 0 Å². The van der Waals surface area contributed by atoms with Crippen LogP contribution in [0.2, 0.25) is 0 Å². The fraction of sp³-hybridized carbons (Fsp3) is 0.286. The van der Waals surface area contributed by atoms with E-state index in [1.54, 1.807) is 11.3 Å². The van der Waals surface area contributed by atoms with Gasteiger partial charge < -0.3 is 5.11 Å². The topological polar surface area (TPSA) is 20.2 Å². The summed E-state index contributed by atoms with van der Waals surface area (Å²) in [5.74, 6) is 0. The molecule has 1 aromatic heterocycles. The van der Waals surface area contributed by atoms with Gasteiger partial charge in [0.2, 0.25) is 0 Å². The lowest BCUT2D eigenvalue weighted by Gasteiger charge is -2.23. The van der Waals surface area contributed by atoms with Crippen molar-refractivity contribution < 1.29 is 5.11 Å². The number of hydrogen-bond donors (Lipinski definition) is 1. The molecular formula is C14H15BrOS. The molecule has 0 saturated heterocycles. The summed E-state index contributed by atoms with van der Waals surface area (Å²) in [6, 6.07) is 10.1. The van der Waals surface area contributed by atoms with Crippen LogP contribution in [0.25, 0.3) is 0 Å². The Morgan fingerprint density at radius 3 is 2.71 bits per heavy atom. The average Bonchev–Trinajstić information content (AvgIpc) is 2.64. The van der Waals surface area contributed by atoms with E-state index >= 15 is 0 Å². The first-order valence-corrected chi connectivity index (χ1v) is 7.18. The van der Waals surface area contributed by atoms with Gasteiger partial charge in [-0.15, -0.1) is 11.3 Å². The molecule has 0 radical (unpaired) electrons. The highest BCUT2D eigenvalue weighted by Crippen LogP contribution is 2.32. The van der Waals surface area contributed by atoms with Gasteiger partial charge in [0.15, 0.2) is 0 Å². The summed E-state index contributed by atoms with van der Waals surface area (Å²) in [7, 11) is 0. The normalized spacial score (nSPS) is 14.6. The molecule has 90 valence electrons. The van der Waals surface area contributed by atoms with E-state index in [0.29, 0.717) is 6.42 Å². The van der Waals surface area contributed by atoms with Gasteiger partial charge in [0.25, 0.3) is 0 Å². The monoisotopic (exact) mass is 310 g/mol. The number of hydrogen-bond acceptors (Lipinski definition) is 2. The summed E-state index contributed by atoms with van der Waals surface area (Å²) in [6.07, 6.45) is 0.633. The van der Waals surface area contributed by atoms with Gasteiger partial charge in [-0.1, -0.05) is 28.1 Å². The summed E-state index contributed by atoms with van der Waals surface area (Å²) >= 11 is 5.07. The van der Waals surface area contributed by atoms with Gasteiger partial charge in [-0.3, -0.25) is 0 Å². The number of benzene rings is 1. The smallest absolute Gasteiger partial charge is 0.100 e. The Bertz CT molecular complexity index is 516. The van der Waals surface area contributed by atoms with Crippen LogP contribution in [-0.4, -0.2) is 5.11 Å². The molecule has 0 aliphatic carbocycles. The predicted octanol–water partition coefficient (Wildman–Crippen LogP) is 4.27. The number of thiophene rings is 1. The Morgan fingerprint density at radius 2 is 2.12 bits per heavy atom. The third-order valence-electron chi connectivity index (χ3n) is 2.79. The molecule has 2 aromatic rings.